The Morgan fingerprint density at radius 1 is 0.870 bits per heavy atom. The molecule has 23 heavy (non-hydrogen) atoms. The monoisotopic (exact) mass is 358 g/mol. The van der Waals surface area contributed by atoms with Crippen molar-refractivity contribution in [1.29, 1.82) is 0 Å². The quantitative estimate of drug-likeness (QED) is 0.898. The third kappa shape index (κ3) is 4.49. The Labute approximate surface area is 151 Å². The second kappa shape index (κ2) is 8.50. The molecule has 3 fully saturated rings. The normalized spacial score (nSPS) is 23.0. The van der Waals surface area contributed by atoms with Crippen molar-refractivity contribution in [3.63, 3.8) is 0 Å². The van der Waals surface area contributed by atoms with E-state index in [4.69, 9.17) is 0 Å². The molecule has 2 aliphatic heterocycles. The van der Waals surface area contributed by atoms with Gasteiger partial charge in [-0.3, -0.25) is 0 Å². The molecule has 0 radical (unpaired) electrons. The number of hydrogen-bond donors (Lipinski definition) is 1. The number of rotatable bonds is 3. The van der Waals surface area contributed by atoms with Crippen molar-refractivity contribution in [2.24, 2.45) is 11.8 Å². The fraction of sp³-hybridized carbons (Fsp3) is 0.765. The fourth-order valence-corrected chi connectivity index (χ4v) is 4.05. The summed E-state index contributed by atoms with van der Waals surface area (Å²) in [5.41, 5.74) is 1.26. The maximum Gasteiger partial charge on any atom is 0.132 e. The van der Waals surface area contributed by atoms with Crippen molar-refractivity contribution in [1.82, 2.24) is 15.3 Å². The molecule has 6 heteroatoms. The first kappa shape index (κ1) is 18.8. The maximum absolute atomic E-state index is 4.52. The molecule has 0 aromatic carbocycles. The van der Waals surface area contributed by atoms with Gasteiger partial charge in [0, 0.05) is 30.8 Å². The van der Waals surface area contributed by atoms with E-state index in [9.17, 15) is 0 Å². The first-order chi connectivity index (χ1) is 10.4. The average molecular weight is 359 g/mol. The van der Waals surface area contributed by atoms with Gasteiger partial charge in [-0.15, -0.1) is 24.8 Å². The Kier molecular flexibility index (Phi) is 6.93. The van der Waals surface area contributed by atoms with Crippen molar-refractivity contribution < 1.29 is 0 Å². The Morgan fingerprint density at radius 2 is 1.52 bits per heavy atom. The van der Waals surface area contributed by atoms with Crippen molar-refractivity contribution in [3.05, 3.63) is 18.1 Å². The molecule has 1 saturated carbocycles. The molecule has 0 bridgehead atoms. The van der Waals surface area contributed by atoms with Gasteiger partial charge in [-0.1, -0.05) is 0 Å². The molecule has 3 aliphatic rings. The van der Waals surface area contributed by atoms with Crippen LogP contribution in [0.4, 0.5) is 5.82 Å². The van der Waals surface area contributed by atoms with Gasteiger partial charge in [-0.05, 0) is 63.5 Å². The van der Waals surface area contributed by atoms with E-state index < -0.39 is 0 Å². The van der Waals surface area contributed by atoms with E-state index in [0.29, 0.717) is 0 Å². The molecule has 4 rings (SSSR count). The lowest BCUT2D eigenvalue weighted by molar-refractivity contribution is 0.221. The molecule has 0 atom stereocenters. The third-order valence-electron chi connectivity index (χ3n) is 5.58. The zero-order chi connectivity index (χ0) is 14.1. The minimum atomic E-state index is 0. The van der Waals surface area contributed by atoms with Gasteiger partial charge in [-0.25, -0.2) is 9.97 Å². The van der Waals surface area contributed by atoms with Crippen LogP contribution in [0.2, 0.25) is 0 Å². The molecule has 1 aliphatic carbocycles. The van der Waals surface area contributed by atoms with Crippen LogP contribution in [-0.4, -0.2) is 36.1 Å². The van der Waals surface area contributed by atoms with E-state index in [-0.39, 0.29) is 24.8 Å². The smallest absolute Gasteiger partial charge is 0.132 e. The summed E-state index contributed by atoms with van der Waals surface area (Å²) in [5.74, 6) is 3.78. The molecule has 3 heterocycles. The van der Waals surface area contributed by atoms with Gasteiger partial charge < -0.3 is 10.2 Å². The first-order valence-electron chi connectivity index (χ1n) is 8.68. The molecule has 4 nitrogen and oxygen atoms in total. The van der Waals surface area contributed by atoms with Gasteiger partial charge in [0.05, 0.1) is 0 Å². The average Bonchev–Trinajstić information content (AvgIpc) is 3.41. The van der Waals surface area contributed by atoms with E-state index >= 15 is 0 Å². The number of nitrogens with one attached hydrogen (secondary N) is 1. The van der Waals surface area contributed by atoms with Crippen LogP contribution in [0.5, 0.6) is 0 Å². The molecular weight excluding hydrogens is 331 g/mol. The summed E-state index contributed by atoms with van der Waals surface area (Å²) >= 11 is 0. The van der Waals surface area contributed by atoms with Gasteiger partial charge in [0.15, 0.2) is 0 Å². The van der Waals surface area contributed by atoms with E-state index in [1.807, 2.05) is 0 Å². The maximum atomic E-state index is 4.52. The lowest BCUT2D eigenvalue weighted by Gasteiger charge is -2.38. The molecule has 1 aromatic heterocycles. The summed E-state index contributed by atoms with van der Waals surface area (Å²) in [6, 6.07) is 2.24. The van der Waals surface area contributed by atoms with E-state index in [2.05, 4.69) is 26.3 Å². The van der Waals surface area contributed by atoms with Gasteiger partial charge in [0.2, 0.25) is 0 Å². The van der Waals surface area contributed by atoms with Crippen LogP contribution in [0.15, 0.2) is 12.4 Å². The fourth-order valence-electron chi connectivity index (χ4n) is 4.05. The molecular formula is C17H28Cl2N4. The number of nitrogens with zero attached hydrogens (tertiary/aromatic N) is 3. The van der Waals surface area contributed by atoms with Crippen LogP contribution in [0.1, 0.15) is 50.1 Å². The van der Waals surface area contributed by atoms with Gasteiger partial charge in [-0.2, -0.15) is 0 Å². The van der Waals surface area contributed by atoms with E-state index in [1.165, 1.54) is 70.4 Å². The van der Waals surface area contributed by atoms with E-state index in [1.54, 1.807) is 6.33 Å². The zero-order valence-corrected chi connectivity index (χ0v) is 15.2. The Morgan fingerprint density at radius 3 is 2.17 bits per heavy atom. The summed E-state index contributed by atoms with van der Waals surface area (Å²) < 4.78 is 0. The lowest BCUT2D eigenvalue weighted by Crippen LogP contribution is -2.39. The van der Waals surface area contributed by atoms with Crippen LogP contribution >= 0.6 is 24.8 Å². The molecule has 0 spiro atoms. The minimum absolute atomic E-state index is 0. The molecule has 0 unspecified atom stereocenters. The Hall–Kier alpha value is -0.580. The molecule has 130 valence electrons. The summed E-state index contributed by atoms with van der Waals surface area (Å²) in [7, 11) is 0. The second-order valence-corrected chi connectivity index (χ2v) is 6.99. The molecule has 1 N–H and O–H groups in total. The first-order valence-corrected chi connectivity index (χ1v) is 8.68. The van der Waals surface area contributed by atoms with Crippen LogP contribution in [-0.2, 0) is 0 Å². The summed E-state index contributed by atoms with van der Waals surface area (Å²) in [5, 5.41) is 3.48. The topological polar surface area (TPSA) is 41.1 Å². The predicted molar refractivity (Wildman–Crippen MR) is 99.0 cm³/mol. The van der Waals surface area contributed by atoms with Crippen LogP contribution < -0.4 is 10.2 Å². The van der Waals surface area contributed by atoms with Crippen molar-refractivity contribution in [2.75, 3.05) is 31.1 Å². The van der Waals surface area contributed by atoms with Crippen molar-refractivity contribution >= 4 is 30.6 Å². The summed E-state index contributed by atoms with van der Waals surface area (Å²) in [6.07, 6.45) is 9.83. The van der Waals surface area contributed by atoms with E-state index in [0.717, 1.165) is 23.6 Å². The molecule has 1 aromatic rings. The highest BCUT2D eigenvalue weighted by molar-refractivity contribution is 5.85. The number of halogens is 2. The third-order valence-corrected chi connectivity index (χ3v) is 5.58. The van der Waals surface area contributed by atoms with Gasteiger partial charge >= 0.3 is 0 Å². The summed E-state index contributed by atoms with van der Waals surface area (Å²) in [6.45, 7) is 4.80. The van der Waals surface area contributed by atoms with Crippen molar-refractivity contribution in [3.8, 4) is 0 Å². The van der Waals surface area contributed by atoms with Crippen LogP contribution in [0.3, 0.4) is 0 Å². The number of piperidine rings is 2. The van der Waals surface area contributed by atoms with Crippen molar-refractivity contribution in [2.45, 2.75) is 44.4 Å². The highest BCUT2D eigenvalue weighted by Crippen LogP contribution is 2.40. The number of hydrogen-bond acceptors (Lipinski definition) is 4. The molecule has 0 amide bonds. The highest BCUT2D eigenvalue weighted by atomic mass is 35.5. The van der Waals surface area contributed by atoms with Crippen LogP contribution in [0.25, 0.3) is 0 Å². The SMILES string of the molecule is Cl.Cl.c1nc(C2CC2)cc(N2CCC(C3CCNCC3)CC2)n1. The lowest BCUT2D eigenvalue weighted by atomic mass is 9.79. The highest BCUT2D eigenvalue weighted by Gasteiger charge is 2.29. The number of aromatic nitrogens is 2. The molecule has 2 saturated heterocycles. The van der Waals surface area contributed by atoms with Gasteiger partial charge in [0.1, 0.15) is 12.1 Å². The number of anilines is 1. The Bertz CT molecular complexity index is 481. The second-order valence-electron chi connectivity index (χ2n) is 6.99. The van der Waals surface area contributed by atoms with Crippen LogP contribution in [0, 0.1) is 11.8 Å². The predicted octanol–water partition coefficient (Wildman–Crippen LogP) is 3.41. The zero-order valence-electron chi connectivity index (χ0n) is 13.6. The largest absolute Gasteiger partial charge is 0.356 e. The standard InChI is InChI=1S/C17H26N4.2ClH/c1-2-15(1)16-11-17(20-12-19-16)21-9-5-14(6-10-21)13-3-7-18-8-4-13;;/h11-15,18H,1-10H2;2*1H. The minimum Gasteiger partial charge on any atom is -0.356 e. The Balaban J connectivity index is 0.000000960. The van der Waals surface area contributed by atoms with Gasteiger partial charge in [0.25, 0.3) is 0 Å². The summed E-state index contributed by atoms with van der Waals surface area (Å²) in [4.78, 5) is 11.4.